The van der Waals surface area contributed by atoms with E-state index in [1.54, 1.807) is 30.3 Å². The molecule has 38 heavy (non-hydrogen) atoms. The Kier molecular flexibility index (Phi) is 6.84. The summed E-state index contributed by atoms with van der Waals surface area (Å²) in [6.45, 7) is 1.16. The molecule has 3 aromatic rings. The molecule has 2 atom stereocenters. The molecular formula is C28H26F3N5O2. The molecule has 2 aliphatic rings. The smallest absolute Gasteiger partial charge is 0.321 e. The molecule has 2 heterocycles. The zero-order valence-corrected chi connectivity index (χ0v) is 20.3. The van der Waals surface area contributed by atoms with Gasteiger partial charge in [0.05, 0.1) is 11.6 Å². The van der Waals surface area contributed by atoms with E-state index in [2.05, 4.69) is 16.7 Å². The number of urea groups is 1. The number of nitrogens with zero attached hydrogens (tertiary/aromatic N) is 2. The maximum atomic E-state index is 15.6. The summed E-state index contributed by atoms with van der Waals surface area (Å²) in [5.41, 5.74) is 6.45. The van der Waals surface area contributed by atoms with E-state index in [9.17, 15) is 23.9 Å². The first-order chi connectivity index (χ1) is 18.2. The van der Waals surface area contributed by atoms with Crippen LogP contribution < -0.4 is 16.4 Å². The zero-order valence-electron chi connectivity index (χ0n) is 20.3. The second-order valence-corrected chi connectivity index (χ2v) is 9.76. The van der Waals surface area contributed by atoms with Crippen molar-refractivity contribution in [3.63, 3.8) is 0 Å². The maximum absolute atomic E-state index is 15.6. The van der Waals surface area contributed by atoms with Crippen LogP contribution in [0.4, 0.5) is 23.7 Å². The van der Waals surface area contributed by atoms with Gasteiger partial charge >= 0.3 is 6.03 Å². The van der Waals surface area contributed by atoms with Gasteiger partial charge in [0, 0.05) is 61.9 Å². The van der Waals surface area contributed by atoms with Gasteiger partial charge in [0.25, 0.3) is 0 Å². The molecule has 0 aromatic heterocycles. The highest BCUT2D eigenvalue weighted by atomic mass is 19.1. The number of halogens is 3. The lowest BCUT2D eigenvalue weighted by Gasteiger charge is -2.53. The van der Waals surface area contributed by atoms with Gasteiger partial charge in [-0.15, -0.1) is 0 Å². The van der Waals surface area contributed by atoms with Gasteiger partial charge in [0.1, 0.15) is 23.1 Å². The van der Waals surface area contributed by atoms with Crippen LogP contribution in [0.3, 0.4) is 0 Å². The molecule has 0 aliphatic carbocycles. The average Bonchev–Trinajstić information content (AvgIpc) is 2.87. The van der Waals surface area contributed by atoms with E-state index in [0.29, 0.717) is 35.8 Å². The fourth-order valence-electron chi connectivity index (χ4n) is 5.59. The van der Waals surface area contributed by atoms with Crippen molar-refractivity contribution >= 4 is 11.7 Å². The van der Waals surface area contributed by atoms with Crippen LogP contribution in [0.1, 0.15) is 16.7 Å². The summed E-state index contributed by atoms with van der Waals surface area (Å²) in [6, 6.07) is 14.0. The van der Waals surface area contributed by atoms with Crippen molar-refractivity contribution in [1.29, 1.82) is 5.26 Å². The van der Waals surface area contributed by atoms with Gasteiger partial charge in [0.2, 0.25) is 0 Å². The summed E-state index contributed by atoms with van der Waals surface area (Å²) in [5.74, 6) is -3.31. The number of piperidine rings is 2. The molecule has 0 spiro atoms. The van der Waals surface area contributed by atoms with Crippen molar-refractivity contribution in [2.75, 3.05) is 31.5 Å². The minimum Gasteiger partial charge on any atom is -0.384 e. The van der Waals surface area contributed by atoms with Gasteiger partial charge in [0.15, 0.2) is 0 Å². The summed E-state index contributed by atoms with van der Waals surface area (Å²) in [4.78, 5) is 14.4. The molecule has 2 aliphatic heterocycles. The van der Waals surface area contributed by atoms with E-state index in [4.69, 9.17) is 5.73 Å². The van der Waals surface area contributed by atoms with Crippen molar-refractivity contribution in [2.45, 2.75) is 12.1 Å². The van der Waals surface area contributed by atoms with Crippen LogP contribution in [0.5, 0.6) is 0 Å². The molecule has 10 heteroatoms. The summed E-state index contributed by atoms with van der Waals surface area (Å²) in [5, 5.41) is 27.2. The lowest BCUT2D eigenvalue weighted by atomic mass is 9.67. The number of nitriles is 1. The number of rotatable bonds is 4. The molecule has 2 amide bonds. The number of carbonyl (C=O) groups excluding carboxylic acids is 1. The number of nitrogens with two attached hydrogens (primary N) is 1. The lowest BCUT2D eigenvalue weighted by molar-refractivity contribution is -0.131. The van der Waals surface area contributed by atoms with Crippen LogP contribution in [0.25, 0.3) is 11.1 Å². The number of carbonyl (C=O) groups is 1. The number of fused-ring (bicyclic) bond motifs is 2. The summed E-state index contributed by atoms with van der Waals surface area (Å²) < 4.78 is 42.7. The largest absolute Gasteiger partial charge is 0.384 e. The molecule has 0 saturated carbocycles. The highest BCUT2D eigenvalue weighted by Crippen LogP contribution is 2.45. The van der Waals surface area contributed by atoms with Crippen molar-refractivity contribution < 1.29 is 23.1 Å². The Morgan fingerprint density at radius 2 is 1.76 bits per heavy atom. The first-order valence-electron chi connectivity index (χ1n) is 12.2. The minimum atomic E-state index is -1.54. The molecule has 0 radical (unpaired) electrons. The fraction of sp³-hybridized carbons (Fsp3) is 0.286. The lowest BCUT2D eigenvalue weighted by Crippen LogP contribution is -2.66. The number of amides is 2. The van der Waals surface area contributed by atoms with Crippen LogP contribution in [0.2, 0.25) is 0 Å². The topological polar surface area (TPSA) is 114 Å². The Hall–Kier alpha value is -3.91. The number of hydrogen-bond donors (Lipinski definition) is 4. The van der Waals surface area contributed by atoms with Crippen molar-refractivity contribution in [1.82, 2.24) is 10.2 Å². The van der Waals surface area contributed by atoms with E-state index in [1.807, 2.05) is 0 Å². The van der Waals surface area contributed by atoms with Gasteiger partial charge in [-0.25, -0.2) is 18.0 Å². The summed E-state index contributed by atoms with van der Waals surface area (Å²) in [6.07, 6.45) is 0. The van der Waals surface area contributed by atoms with Gasteiger partial charge < -0.3 is 26.4 Å². The van der Waals surface area contributed by atoms with Gasteiger partial charge in [-0.2, -0.15) is 5.26 Å². The molecule has 2 saturated heterocycles. The predicted octanol–water partition coefficient (Wildman–Crippen LogP) is 3.67. The maximum Gasteiger partial charge on any atom is 0.321 e. The molecule has 2 unspecified atom stereocenters. The molecule has 2 fully saturated rings. The average molecular weight is 522 g/mol. The highest BCUT2D eigenvalue weighted by Gasteiger charge is 2.53. The first-order valence-corrected chi connectivity index (χ1v) is 12.2. The SMILES string of the molecule is N#Cc1cc(CN)ccc1-c1ccc(C2(O)C3CNCC2CN(C(=O)Nc2cc(F)cc(F)c2)C3)c(F)c1. The molecular weight excluding hydrogens is 495 g/mol. The van der Waals surface area contributed by atoms with Crippen LogP contribution in [0, 0.1) is 40.6 Å². The Balaban J connectivity index is 1.40. The van der Waals surface area contributed by atoms with E-state index < -0.39 is 40.9 Å². The van der Waals surface area contributed by atoms with E-state index >= 15 is 4.39 Å². The Bertz CT molecular complexity index is 1410. The molecule has 7 nitrogen and oxygen atoms in total. The Morgan fingerprint density at radius 3 is 2.37 bits per heavy atom. The van der Waals surface area contributed by atoms with Crippen molar-refractivity contribution in [3.8, 4) is 17.2 Å². The van der Waals surface area contributed by atoms with Crippen LogP contribution in [-0.4, -0.2) is 42.2 Å². The molecule has 3 aromatic carbocycles. The monoisotopic (exact) mass is 521 g/mol. The van der Waals surface area contributed by atoms with Crippen LogP contribution >= 0.6 is 0 Å². The normalized spacial score (nSPS) is 22.6. The second-order valence-electron chi connectivity index (χ2n) is 9.76. The number of nitrogens with one attached hydrogen (secondary N) is 2. The van der Waals surface area contributed by atoms with Gasteiger partial charge in [-0.05, 0) is 41.0 Å². The third-order valence-electron chi connectivity index (χ3n) is 7.46. The quantitative estimate of drug-likeness (QED) is 0.418. The van der Waals surface area contributed by atoms with Crippen molar-refractivity contribution in [3.05, 3.63) is 88.7 Å². The number of aliphatic hydroxyl groups is 1. The molecule has 5 N–H and O–H groups in total. The third kappa shape index (κ3) is 4.60. The number of anilines is 1. The summed E-state index contributed by atoms with van der Waals surface area (Å²) >= 11 is 0. The zero-order chi connectivity index (χ0) is 27.0. The third-order valence-corrected chi connectivity index (χ3v) is 7.46. The van der Waals surface area contributed by atoms with Crippen LogP contribution in [0.15, 0.2) is 54.6 Å². The van der Waals surface area contributed by atoms with Gasteiger partial charge in [-0.1, -0.05) is 24.3 Å². The fourth-order valence-corrected chi connectivity index (χ4v) is 5.59. The van der Waals surface area contributed by atoms with E-state index in [0.717, 1.165) is 17.7 Å². The first kappa shape index (κ1) is 25.7. The summed E-state index contributed by atoms with van der Waals surface area (Å²) in [7, 11) is 0. The standard InChI is InChI=1S/C28H26F3N5O2/c29-21-7-22(30)9-23(8-21)35-27(37)36-14-19-12-34-13-20(15-36)28(19,38)25-4-2-17(6-26(25)31)24-3-1-16(10-32)5-18(24)11-33/h1-9,19-20,34,38H,10,12-15,32H2,(H,35,37). The molecule has 196 valence electrons. The van der Waals surface area contributed by atoms with Crippen molar-refractivity contribution in [2.24, 2.45) is 17.6 Å². The van der Waals surface area contributed by atoms with E-state index in [1.165, 1.54) is 11.0 Å². The van der Waals surface area contributed by atoms with Gasteiger partial charge in [-0.3, -0.25) is 0 Å². The highest BCUT2D eigenvalue weighted by molar-refractivity contribution is 5.89. The molecule has 5 rings (SSSR count). The predicted molar refractivity (Wildman–Crippen MR) is 135 cm³/mol. The number of likely N-dealkylation sites (tertiary alicyclic amines) is 1. The Labute approximate surface area is 217 Å². The Morgan fingerprint density at radius 1 is 1.08 bits per heavy atom. The van der Waals surface area contributed by atoms with E-state index in [-0.39, 0.29) is 30.9 Å². The second kappa shape index (κ2) is 10.1. The number of benzene rings is 3. The number of hydrogen-bond acceptors (Lipinski definition) is 5. The van der Waals surface area contributed by atoms with Crippen LogP contribution in [-0.2, 0) is 12.1 Å². The minimum absolute atomic E-state index is 0.0190. The molecule has 2 bridgehead atoms.